The van der Waals surface area contributed by atoms with Gasteiger partial charge in [-0.3, -0.25) is 0 Å². The number of nitrogen functional groups attached to an aromatic ring is 1. The molecule has 4 heteroatoms. The molecule has 1 aromatic heterocycles. The Morgan fingerprint density at radius 1 is 1.19 bits per heavy atom. The molecular formula is C17H19N3S. The van der Waals surface area contributed by atoms with Gasteiger partial charge in [-0.05, 0) is 43.2 Å². The number of rotatable bonds is 3. The van der Waals surface area contributed by atoms with Gasteiger partial charge in [0.25, 0.3) is 0 Å². The smallest absolute Gasteiger partial charge is 0.0907 e. The number of hydrogen-bond donors (Lipinski definition) is 1. The van der Waals surface area contributed by atoms with Crippen molar-refractivity contribution in [2.24, 2.45) is 0 Å². The third-order valence-electron chi connectivity index (χ3n) is 3.74. The largest absolute Gasteiger partial charge is 0.397 e. The van der Waals surface area contributed by atoms with Crippen LogP contribution in [0.1, 0.15) is 17.5 Å². The molecule has 1 heterocycles. The summed E-state index contributed by atoms with van der Waals surface area (Å²) < 4.78 is 1.14. The third-order valence-corrected chi connectivity index (χ3v) is 4.67. The van der Waals surface area contributed by atoms with E-state index in [4.69, 9.17) is 5.73 Å². The Hall–Kier alpha value is -2.07. The van der Waals surface area contributed by atoms with Crippen LogP contribution in [0.5, 0.6) is 0 Å². The minimum absolute atomic E-state index is 0.785. The summed E-state index contributed by atoms with van der Waals surface area (Å²) in [5, 5.41) is 1.07. The number of nitrogens with zero attached hydrogens (tertiary/aromatic N) is 2. The minimum Gasteiger partial charge on any atom is -0.397 e. The lowest BCUT2D eigenvalue weighted by Gasteiger charge is -2.21. The molecule has 0 atom stereocenters. The highest BCUT2D eigenvalue weighted by Gasteiger charge is 2.11. The average Bonchev–Trinajstić information content (AvgIpc) is 2.85. The molecule has 108 valence electrons. The molecule has 0 aliphatic carbocycles. The van der Waals surface area contributed by atoms with E-state index in [0.29, 0.717) is 0 Å². The van der Waals surface area contributed by atoms with Crippen molar-refractivity contribution in [3.8, 4) is 0 Å². The first-order valence-electron chi connectivity index (χ1n) is 7.08. The Bertz CT molecular complexity index is 775. The van der Waals surface area contributed by atoms with E-state index in [0.717, 1.165) is 38.7 Å². The molecule has 0 amide bonds. The number of hydrogen-bond acceptors (Lipinski definition) is 4. The van der Waals surface area contributed by atoms with Gasteiger partial charge in [0.15, 0.2) is 0 Å². The van der Waals surface area contributed by atoms with E-state index in [-0.39, 0.29) is 0 Å². The molecule has 2 aromatic carbocycles. The van der Waals surface area contributed by atoms with Gasteiger partial charge >= 0.3 is 0 Å². The van der Waals surface area contributed by atoms with Crippen molar-refractivity contribution in [1.29, 1.82) is 0 Å². The van der Waals surface area contributed by atoms with Crippen LogP contribution in [0.25, 0.3) is 10.2 Å². The van der Waals surface area contributed by atoms with E-state index in [2.05, 4.69) is 47.1 Å². The predicted molar refractivity (Wildman–Crippen MR) is 92.7 cm³/mol. The number of fused-ring (bicyclic) bond motifs is 1. The van der Waals surface area contributed by atoms with Crippen molar-refractivity contribution in [1.82, 2.24) is 4.98 Å². The molecule has 21 heavy (non-hydrogen) atoms. The third kappa shape index (κ3) is 2.59. The molecule has 0 unspecified atom stereocenters. The highest BCUT2D eigenvalue weighted by molar-refractivity contribution is 7.18. The standard InChI is InChI=1S/C17H19N3S/c1-4-12-5-7-13(8-6-12)20(3)16-10-15-17(9-14(16)18)21-11(2)19-15/h5-10H,4,18H2,1-3H3. The average molecular weight is 297 g/mol. The molecule has 0 radical (unpaired) electrons. The van der Waals surface area contributed by atoms with Crippen LogP contribution >= 0.6 is 11.3 Å². The first-order chi connectivity index (χ1) is 10.1. The Kier molecular flexibility index (Phi) is 3.55. The molecule has 0 saturated carbocycles. The number of thiazole rings is 1. The zero-order valence-corrected chi connectivity index (χ0v) is 13.4. The van der Waals surface area contributed by atoms with E-state index in [1.807, 2.05) is 20.0 Å². The summed E-state index contributed by atoms with van der Waals surface area (Å²) in [6.07, 6.45) is 1.05. The molecule has 0 aliphatic heterocycles. The number of anilines is 3. The lowest BCUT2D eigenvalue weighted by atomic mass is 10.1. The molecular weight excluding hydrogens is 278 g/mol. The summed E-state index contributed by atoms with van der Waals surface area (Å²) >= 11 is 1.68. The number of aromatic nitrogens is 1. The van der Waals surface area contributed by atoms with Crippen molar-refractivity contribution < 1.29 is 0 Å². The summed E-state index contributed by atoms with van der Waals surface area (Å²) in [5.74, 6) is 0. The number of nitrogens with two attached hydrogens (primary N) is 1. The van der Waals surface area contributed by atoms with Gasteiger partial charge in [-0.2, -0.15) is 0 Å². The second-order valence-electron chi connectivity index (χ2n) is 5.19. The van der Waals surface area contributed by atoms with Crippen LogP contribution in [0.2, 0.25) is 0 Å². The highest BCUT2D eigenvalue weighted by Crippen LogP contribution is 2.34. The van der Waals surface area contributed by atoms with E-state index in [1.165, 1.54) is 5.56 Å². The van der Waals surface area contributed by atoms with Gasteiger partial charge in [0.1, 0.15) is 0 Å². The first kappa shape index (κ1) is 13.9. The maximum Gasteiger partial charge on any atom is 0.0907 e. The van der Waals surface area contributed by atoms with Gasteiger partial charge in [0.05, 0.1) is 26.6 Å². The van der Waals surface area contributed by atoms with E-state index >= 15 is 0 Å². The molecule has 2 N–H and O–H groups in total. The Morgan fingerprint density at radius 3 is 2.57 bits per heavy atom. The van der Waals surface area contributed by atoms with Crippen molar-refractivity contribution in [2.75, 3.05) is 17.7 Å². The van der Waals surface area contributed by atoms with Gasteiger partial charge in [0, 0.05) is 12.7 Å². The summed E-state index contributed by atoms with van der Waals surface area (Å²) in [5.41, 5.74) is 11.5. The van der Waals surface area contributed by atoms with E-state index in [9.17, 15) is 0 Å². The Balaban J connectivity index is 2.02. The zero-order chi connectivity index (χ0) is 15.0. The number of aryl methyl sites for hydroxylation is 2. The van der Waals surface area contributed by atoms with Crippen LogP contribution in [0, 0.1) is 6.92 Å². The summed E-state index contributed by atoms with van der Waals surface area (Å²) in [4.78, 5) is 6.67. The van der Waals surface area contributed by atoms with Crippen LogP contribution in [0.15, 0.2) is 36.4 Å². The van der Waals surface area contributed by atoms with E-state index in [1.54, 1.807) is 11.3 Å². The SMILES string of the molecule is CCc1ccc(N(C)c2cc3nc(C)sc3cc2N)cc1. The van der Waals surface area contributed by atoms with Gasteiger partial charge < -0.3 is 10.6 Å². The van der Waals surface area contributed by atoms with Crippen LogP contribution in [-0.4, -0.2) is 12.0 Å². The highest BCUT2D eigenvalue weighted by atomic mass is 32.1. The first-order valence-corrected chi connectivity index (χ1v) is 7.89. The number of benzene rings is 2. The Labute approximate surface area is 129 Å². The lowest BCUT2D eigenvalue weighted by Crippen LogP contribution is -2.11. The van der Waals surface area contributed by atoms with Crippen LogP contribution in [0.4, 0.5) is 17.1 Å². The fourth-order valence-electron chi connectivity index (χ4n) is 2.48. The summed E-state index contributed by atoms with van der Waals surface area (Å²) in [7, 11) is 2.04. The van der Waals surface area contributed by atoms with Gasteiger partial charge in [-0.25, -0.2) is 4.98 Å². The topological polar surface area (TPSA) is 42.2 Å². The molecule has 3 aromatic rings. The van der Waals surface area contributed by atoms with Crippen LogP contribution in [0.3, 0.4) is 0 Å². The monoisotopic (exact) mass is 297 g/mol. The van der Waals surface area contributed by atoms with Crippen LogP contribution in [-0.2, 0) is 6.42 Å². The Morgan fingerprint density at radius 2 is 1.90 bits per heavy atom. The normalized spacial score (nSPS) is 11.0. The van der Waals surface area contributed by atoms with Gasteiger partial charge in [-0.1, -0.05) is 19.1 Å². The quantitative estimate of drug-likeness (QED) is 0.723. The minimum atomic E-state index is 0.785. The van der Waals surface area contributed by atoms with Crippen molar-refractivity contribution in [2.45, 2.75) is 20.3 Å². The zero-order valence-electron chi connectivity index (χ0n) is 12.6. The predicted octanol–water partition coefficient (Wildman–Crippen LogP) is 4.52. The van der Waals surface area contributed by atoms with Crippen molar-refractivity contribution in [3.05, 3.63) is 47.0 Å². The second-order valence-corrected chi connectivity index (χ2v) is 6.43. The molecule has 0 aliphatic rings. The molecule has 0 spiro atoms. The fourth-order valence-corrected chi connectivity index (χ4v) is 3.34. The van der Waals surface area contributed by atoms with Gasteiger partial charge in [-0.15, -0.1) is 11.3 Å². The molecule has 0 saturated heterocycles. The second kappa shape index (κ2) is 5.37. The van der Waals surface area contributed by atoms with Gasteiger partial charge in [0.2, 0.25) is 0 Å². The van der Waals surface area contributed by atoms with E-state index < -0.39 is 0 Å². The molecule has 3 nitrogen and oxygen atoms in total. The molecule has 0 bridgehead atoms. The van der Waals surface area contributed by atoms with Crippen molar-refractivity contribution in [3.63, 3.8) is 0 Å². The molecule has 0 fully saturated rings. The summed E-state index contributed by atoms with van der Waals surface area (Å²) in [6, 6.07) is 12.7. The lowest BCUT2D eigenvalue weighted by molar-refractivity contribution is 1.13. The maximum absolute atomic E-state index is 6.23. The van der Waals surface area contributed by atoms with Crippen molar-refractivity contribution >= 4 is 38.6 Å². The van der Waals surface area contributed by atoms with Crippen LogP contribution < -0.4 is 10.6 Å². The maximum atomic E-state index is 6.23. The fraction of sp³-hybridized carbons (Fsp3) is 0.235. The summed E-state index contributed by atoms with van der Waals surface area (Å²) in [6.45, 7) is 4.18. The molecule has 3 rings (SSSR count).